The van der Waals surface area contributed by atoms with E-state index in [9.17, 15) is 10.5 Å². The molecule has 0 N–H and O–H groups in total. The van der Waals surface area contributed by atoms with Crippen molar-refractivity contribution in [3.05, 3.63) is 69.4 Å². The fourth-order valence-corrected chi connectivity index (χ4v) is 5.57. The van der Waals surface area contributed by atoms with Crippen LogP contribution in [0.1, 0.15) is 20.9 Å². The first kappa shape index (κ1) is 16.5. The third-order valence-corrected chi connectivity index (χ3v) is 6.69. The molecule has 2 nitrogen and oxygen atoms in total. The van der Waals surface area contributed by atoms with E-state index in [1.165, 1.54) is 0 Å². The summed E-state index contributed by atoms with van der Waals surface area (Å²) in [6, 6.07) is 20.8. The van der Waals surface area contributed by atoms with Crippen LogP contribution >= 0.6 is 22.7 Å². The van der Waals surface area contributed by atoms with Gasteiger partial charge in [0.1, 0.15) is 12.1 Å². The highest BCUT2D eigenvalue weighted by Gasteiger charge is 2.21. The molecule has 0 saturated heterocycles. The minimum atomic E-state index is 0.467. The summed E-state index contributed by atoms with van der Waals surface area (Å²) in [6.07, 6.45) is 0. The van der Waals surface area contributed by atoms with E-state index in [4.69, 9.17) is 0 Å². The second kappa shape index (κ2) is 6.42. The summed E-state index contributed by atoms with van der Waals surface area (Å²) in [6.45, 7) is 4.04. The van der Waals surface area contributed by atoms with E-state index in [0.29, 0.717) is 11.1 Å². The average molecular weight is 371 g/mol. The first-order valence-electron chi connectivity index (χ1n) is 8.17. The van der Waals surface area contributed by atoms with Crippen molar-refractivity contribution in [2.45, 2.75) is 13.8 Å². The highest BCUT2D eigenvalue weighted by atomic mass is 32.1. The standard InChI is InChI=1S/C22H14N2S2/c1-13-21(15-7-3-5-9-19(15)25-13)17(11-23)18(12-24)22-14(2)26-20-10-6-4-8-16(20)22/h3-10H,1-2H3/b18-17-. The number of nitrogens with zero attached hydrogens (tertiary/aromatic N) is 2. The molecule has 124 valence electrons. The van der Waals surface area contributed by atoms with Gasteiger partial charge in [-0.25, -0.2) is 0 Å². The molecule has 2 aromatic heterocycles. The Morgan fingerprint density at radius 2 is 1.08 bits per heavy atom. The third kappa shape index (κ3) is 2.44. The number of allylic oxidation sites excluding steroid dienone is 2. The number of hydrogen-bond acceptors (Lipinski definition) is 4. The van der Waals surface area contributed by atoms with Crippen molar-refractivity contribution in [3.63, 3.8) is 0 Å². The summed E-state index contributed by atoms with van der Waals surface area (Å²) >= 11 is 3.33. The zero-order valence-electron chi connectivity index (χ0n) is 14.3. The summed E-state index contributed by atoms with van der Waals surface area (Å²) in [7, 11) is 0. The Balaban J connectivity index is 2.11. The fraction of sp³-hybridized carbons (Fsp3) is 0.0909. The van der Waals surface area contributed by atoms with Crippen LogP contribution in [-0.2, 0) is 0 Å². The van der Waals surface area contributed by atoms with Gasteiger partial charge in [-0.1, -0.05) is 36.4 Å². The maximum absolute atomic E-state index is 9.99. The van der Waals surface area contributed by atoms with E-state index in [2.05, 4.69) is 24.3 Å². The van der Waals surface area contributed by atoms with Gasteiger partial charge in [-0.3, -0.25) is 0 Å². The Labute approximate surface area is 159 Å². The number of hydrogen-bond donors (Lipinski definition) is 0. The molecule has 0 atom stereocenters. The Kier molecular flexibility index (Phi) is 4.09. The van der Waals surface area contributed by atoms with Crippen molar-refractivity contribution < 1.29 is 0 Å². The lowest BCUT2D eigenvalue weighted by molar-refractivity contribution is 1.49. The maximum Gasteiger partial charge on any atom is 0.101 e. The monoisotopic (exact) mass is 370 g/mol. The Morgan fingerprint density at radius 3 is 1.46 bits per heavy atom. The van der Waals surface area contributed by atoms with Crippen molar-refractivity contribution in [1.82, 2.24) is 0 Å². The van der Waals surface area contributed by atoms with Crippen LogP contribution in [0.2, 0.25) is 0 Å². The molecule has 0 aliphatic carbocycles. The highest BCUT2D eigenvalue weighted by Crippen LogP contribution is 2.42. The molecule has 0 saturated carbocycles. The largest absolute Gasteiger partial charge is 0.192 e. The number of thiophene rings is 2. The predicted octanol–water partition coefficient (Wildman–Crippen LogP) is 6.69. The molecule has 0 unspecified atom stereocenters. The zero-order valence-corrected chi connectivity index (χ0v) is 16.0. The quantitative estimate of drug-likeness (QED) is 0.369. The maximum atomic E-state index is 9.99. The molecule has 4 aromatic rings. The van der Waals surface area contributed by atoms with Crippen LogP contribution < -0.4 is 0 Å². The lowest BCUT2D eigenvalue weighted by Gasteiger charge is -2.06. The van der Waals surface area contributed by atoms with Crippen LogP contribution in [0.3, 0.4) is 0 Å². The molecular formula is C22H14N2S2. The Morgan fingerprint density at radius 1 is 0.692 bits per heavy atom. The van der Waals surface area contributed by atoms with Crippen LogP contribution in [0.15, 0.2) is 48.5 Å². The van der Waals surface area contributed by atoms with E-state index in [0.717, 1.165) is 41.1 Å². The second-order valence-electron chi connectivity index (χ2n) is 6.03. The van der Waals surface area contributed by atoms with Gasteiger partial charge in [0.25, 0.3) is 0 Å². The normalized spacial score (nSPS) is 12.0. The van der Waals surface area contributed by atoms with Gasteiger partial charge in [0.2, 0.25) is 0 Å². The average Bonchev–Trinajstić information content (AvgIpc) is 3.15. The van der Waals surface area contributed by atoms with Gasteiger partial charge in [-0.2, -0.15) is 10.5 Å². The molecule has 0 radical (unpaired) electrons. The van der Waals surface area contributed by atoms with Crippen LogP contribution in [0.25, 0.3) is 31.3 Å². The van der Waals surface area contributed by atoms with Crippen LogP contribution in [0.4, 0.5) is 0 Å². The van der Waals surface area contributed by atoms with Crippen molar-refractivity contribution in [2.75, 3.05) is 0 Å². The van der Waals surface area contributed by atoms with Gasteiger partial charge in [0.15, 0.2) is 0 Å². The molecule has 4 rings (SSSR count). The van der Waals surface area contributed by atoms with Gasteiger partial charge in [0.05, 0.1) is 11.1 Å². The molecule has 2 heterocycles. The second-order valence-corrected chi connectivity index (χ2v) is 8.55. The first-order chi connectivity index (χ1) is 12.7. The molecule has 0 fully saturated rings. The van der Waals surface area contributed by atoms with Gasteiger partial charge in [0, 0.05) is 41.1 Å². The number of fused-ring (bicyclic) bond motifs is 2. The van der Waals surface area contributed by atoms with Crippen molar-refractivity contribution in [2.24, 2.45) is 0 Å². The number of benzene rings is 2. The molecular weight excluding hydrogens is 356 g/mol. The van der Waals surface area contributed by atoms with Gasteiger partial charge < -0.3 is 0 Å². The van der Waals surface area contributed by atoms with E-state index >= 15 is 0 Å². The molecule has 0 bridgehead atoms. The molecule has 26 heavy (non-hydrogen) atoms. The minimum Gasteiger partial charge on any atom is -0.192 e. The van der Waals surface area contributed by atoms with Crippen molar-refractivity contribution >= 4 is 54.0 Å². The van der Waals surface area contributed by atoms with Crippen LogP contribution in [0, 0.1) is 36.5 Å². The predicted molar refractivity (Wildman–Crippen MR) is 111 cm³/mol. The highest BCUT2D eigenvalue weighted by molar-refractivity contribution is 7.19. The van der Waals surface area contributed by atoms with Crippen molar-refractivity contribution in [1.29, 1.82) is 10.5 Å². The van der Waals surface area contributed by atoms with Gasteiger partial charge in [-0.15, -0.1) is 22.7 Å². The Hall–Kier alpha value is -2.92. The number of aryl methyl sites for hydroxylation is 2. The molecule has 2 aromatic carbocycles. The molecule has 0 aliphatic heterocycles. The number of rotatable bonds is 2. The zero-order chi connectivity index (χ0) is 18.3. The number of nitriles is 2. The Bertz CT molecular complexity index is 1170. The van der Waals surface area contributed by atoms with Crippen molar-refractivity contribution in [3.8, 4) is 12.1 Å². The third-order valence-electron chi connectivity index (χ3n) is 4.52. The lowest BCUT2D eigenvalue weighted by atomic mass is 9.93. The molecule has 0 amide bonds. The van der Waals surface area contributed by atoms with Crippen LogP contribution in [0.5, 0.6) is 0 Å². The van der Waals surface area contributed by atoms with E-state index in [1.54, 1.807) is 22.7 Å². The van der Waals surface area contributed by atoms with E-state index < -0.39 is 0 Å². The molecule has 0 aliphatic rings. The summed E-state index contributed by atoms with van der Waals surface area (Å²) in [4.78, 5) is 2.13. The lowest BCUT2D eigenvalue weighted by Crippen LogP contribution is -1.91. The summed E-state index contributed by atoms with van der Waals surface area (Å²) < 4.78 is 2.27. The van der Waals surface area contributed by atoms with E-state index in [1.807, 2.05) is 50.2 Å². The van der Waals surface area contributed by atoms with E-state index in [-0.39, 0.29) is 0 Å². The van der Waals surface area contributed by atoms with Gasteiger partial charge in [-0.05, 0) is 26.0 Å². The molecule has 4 heteroatoms. The summed E-state index contributed by atoms with van der Waals surface area (Å²) in [5.74, 6) is 0. The molecule has 0 spiro atoms. The van der Waals surface area contributed by atoms with Crippen LogP contribution in [-0.4, -0.2) is 0 Å². The topological polar surface area (TPSA) is 47.6 Å². The summed E-state index contributed by atoms with van der Waals surface area (Å²) in [5.41, 5.74) is 2.71. The van der Waals surface area contributed by atoms with Gasteiger partial charge >= 0.3 is 0 Å². The summed E-state index contributed by atoms with van der Waals surface area (Å²) in [5, 5.41) is 22.1. The SMILES string of the molecule is Cc1sc2ccccc2c1/C(C#N)=C(/C#N)c1c(C)sc2ccccc12. The first-order valence-corrected chi connectivity index (χ1v) is 9.80. The minimum absolute atomic E-state index is 0.467. The smallest absolute Gasteiger partial charge is 0.101 e. The fourth-order valence-electron chi connectivity index (χ4n) is 3.43.